The van der Waals surface area contributed by atoms with Crippen LogP contribution in [0.15, 0.2) is 40.3 Å². The predicted octanol–water partition coefficient (Wildman–Crippen LogP) is 4.35. The standard InChI is InChI=1S/C20H19Cl2NO5/c1-11-4-7-15(28-11)17-16(18(24)12-5-6-13(21)14(22)10-12)19(25)20(26)23(17)8-3-9-27-2/h4-7,10,17,24H,3,8-9H2,1-2H3/b18-16-. The molecule has 2 aromatic rings. The van der Waals surface area contributed by atoms with E-state index in [-0.39, 0.29) is 28.5 Å². The van der Waals surface area contributed by atoms with Crippen LogP contribution in [0.3, 0.4) is 0 Å². The van der Waals surface area contributed by atoms with Crippen molar-refractivity contribution in [3.63, 3.8) is 0 Å². The number of likely N-dealkylation sites (tertiary alicyclic amines) is 1. The summed E-state index contributed by atoms with van der Waals surface area (Å²) in [5, 5.41) is 11.4. The Morgan fingerprint density at radius 2 is 1.96 bits per heavy atom. The first-order valence-electron chi connectivity index (χ1n) is 8.64. The van der Waals surface area contributed by atoms with Crippen molar-refractivity contribution in [3.05, 3.63) is 63.0 Å². The summed E-state index contributed by atoms with van der Waals surface area (Å²) in [7, 11) is 1.56. The van der Waals surface area contributed by atoms with Crippen LogP contribution in [0.25, 0.3) is 5.76 Å². The monoisotopic (exact) mass is 423 g/mol. The second-order valence-electron chi connectivity index (χ2n) is 6.42. The Hall–Kier alpha value is -2.28. The summed E-state index contributed by atoms with van der Waals surface area (Å²) < 4.78 is 10.7. The lowest BCUT2D eigenvalue weighted by Gasteiger charge is -2.23. The Balaban J connectivity index is 2.11. The number of Topliss-reactive ketones (excluding diaryl/α,β-unsaturated/α-hetero) is 1. The zero-order chi connectivity index (χ0) is 20.4. The van der Waals surface area contributed by atoms with Gasteiger partial charge in [0, 0.05) is 25.8 Å². The van der Waals surface area contributed by atoms with Crippen molar-refractivity contribution in [2.75, 3.05) is 20.3 Å². The van der Waals surface area contributed by atoms with E-state index in [1.54, 1.807) is 26.2 Å². The number of rotatable bonds is 6. The molecule has 0 saturated carbocycles. The minimum absolute atomic E-state index is 0.0462. The number of methoxy groups -OCH3 is 1. The van der Waals surface area contributed by atoms with E-state index < -0.39 is 17.7 Å². The molecule has 0 bridgehead atoms. The zero-order valence-corrected chi connectivity index (χ0v) is 16.9. The summed E-state index contributed by atoms with van der Waals surface area (Å²) in [5.74, 6) is -0.773. The number of nitrogens with zero attached hydrogens (tertiary/aromatic N) is 1. The molecule has 0 spiro atoms. The van der Waals surface area contributed by atoms with Gasteiger partial charge in [-0.1, -0.05) is 23.2 Å². The number of aliphatic hydroxyl groups is 1. The van der Waals surface area contributed by atoms with Crippen LogP contribution in [0, 0.1) is 6.92 Å². The number of hydrogen-bond donors (Lipinski definition) is 1. The van der Waals surface area contributed by atoms with Gasteiger partial charge >= 0.3 is 0 Å². The van der Waals surface area contributed by atoms with Crippen molar-refractivity contribution in [1.82, 2.24) is 4.90 Å². The molecule has 1 amide bonds. The molecule has 3 rings (SSSR count). The normalized spacial score (nSPS) is 18.9. The van der Waals surface area contributed by atoms with E-state index >= 15 is 0 Å². The number of furan rings is 1. The summed E-state index contributed by atoms with van der Waals surface area (Å²) in [6, 6.07) is 7.09. The van der Waals surface area contributed by atoms with Crippen LogP contribution in [-0.2, 0) is 14.3 Å². The fourth-order valence-electron chi connectivity index (χ4n) is 3.18. The maximum atomic E-state index is 12.8. The average Bonchev–Trinajstić information content (AvgIpc) is 3.19. The number of aryl methyl sites for hydroxylation is 1. The quantitative estimate of drug-likeness (QED) is 0.323. The molecule has 1 atom stereocenters. The van der Waals surface area contributed by atoms with E-state index in [1.807, 2.05) is 0 Å². The summed E-state index contributed by atoms with van der Waals surface area (Å²) in [4.78, 5) is 26.8. The van der Waals surface area contributed by atoms with Crippen molar-refractivity contribution in [2.45, 2.75) is 19.4 Å². The molecule has 28 heavy (non-hydrogen) atoms. The molecule has 1 unspecified atom stereocenters. The third kappa shape index (κ3) is 3.81. The van der Waals surface area contributed by atoms with Crippen LogP contribution in [0.5, 0.6) is 0 Å². The molecule has 1 aliphatic rings. The molecular weight excluding hydrogens is 405 g/mol. The Morgan fingerprint density at radius 1 is 1.21 bits per heavy atom. The number of carbonyl (C=O) groups excluding carboxylic acids is 2. The lowest BCUT2D eigenvalue weighted by Crippen LogP contribution is -2.31. The maximum absolute atomic E-state index is 12.8. The fraction of sp³-hybridized carbons (Fsp3) is 0.300. The minimum atomic E-state index is -0.833. The summed E-state index contributed by atoms with van der Waals surface area (Å²) in [5.41, 5.74) is 0.243. The lowest BCUT2D eigenvalue weighted by molar-refractivity contribution is -0.140. The number of halogens is 2. The number of amides is 1. The van der Waals surface area contributed by atoms with Crippen LogP contribution >= 0.6 is 23.2 Å². The van der Waals surface area contributed by atoms with Gasteiger partial charge in [-0.05, 0) is 43.7 Å². The molecule has 1 aromatic carbocycles. The zero-order valence-electron chi connectivity index (χ0n) is 15.4. The van der Waals surface area contributed by atoms with Crippen molar-refractivity contribution in [3.8, 4) is 0 Å². The number of ketones is 1. The highest BCUT2D eigenvalue weighted by atomic mass is 35.5. The molecular formula is C20H19Cl2NO5. The van der Waals surface area contributed by atoms with Crippen LogP contribution < -0.4 is 0 Å². The molecule has 1 aromatic heterocycles. The molecule has 0 aliphatic carbocycles. The molecule has 0 radical (unpaired) electrons. The van der Waals surface area contributed by atoms with E-state index in [0.29, 0.717) is 29.6 Å². The first-order valence-corrected chi connectivity index (χ1v) is 9.40. The average molecular weight is 424 g/mol. The molecule has 1 aliphatic heterocycles. The topological polar surface area (TPSA) is 80.0 Å². The Morgan fingerprint density at radius 3 is 2.57 bits per heavy atom. The van der Waals surface area contributed by atoms with E-state index in [0.717, 1.165) is 0 Å². The Bertz CT molecular complexity index is 950. The van der Waals surface area contributed by atoms with Gasteiger partial charge in [0.05, 0.1) is 15.6 Å². The smallest absolute Gasteiger partial charge is 0.295 e. The first-order chi connectivity index (χ1) is 13.3. The third-order valence-electron chi connectivity index (χ3n) is 4.51. The highest BCUT2D eigenvalue weighted by molar-refractivity contribution is 6.46. The van der Waals surface area contributed by atoms with Gasteiger partial charge in [0.25, 0.3) is 11.7 Å². The summed E-state index contributed by atoms with van der Waals surface area (Å²) >= 11 is 12.0. The van der Waals surface area contributed by atoms with Crippen LogP contribution in [-0.4, -0.2) is 42.0 Å². The number of carbonyl (C=O) groups is 2. The van der Waals surface area contributed by atoms with Gasteiger partial charge in [-0.3, -0.25) is 9.59 Å². The second kappa shape index (κ2) is 8.39. The highest BCUT2D eigenvalue weighted by Crippen LogP contribution is 2.40. The van der Waals surface area contributed by atoms with E-state index in [2.05, 4.69) is 0 Å². The number of aliphatic hydroxyl groups excluding tert-OH is 1. The maximum Gasteiger partial charge on any atom is 0.295 e. The van der Waals surface area contributed by atoms with Crippen molar-refractivity contribution in [2.24, 2.45) is 0 Å². The number of hydrogen-bond acceptors (Lipinski definition) is 5. The van der Waals surface area contributed by atoms with Gasteiger partial charge in [0.15, 0.2) is 0 Å². The molecule has 1 saturated heterocycles. The van der Waals surface area contributed by atoms with Crippen LogP contribution in [0.2, 0.25) is 10.0 Å². The second-order valence-corrected chi connectivity index (χ2v) is 7.23. The van der Waals surface area contributed by atoms with Crippen molar-refractivity contribution in [1.29, 1.82) is 0 Å². The van der Waals surface area contributed by atoms with E-state index in [1.165, 1.54) is 23.1 Å². The largest absolute Gasteiger partial charge is 0.507 e. The van der Waals surface area contributed by atoms with Crippen molar-refractivity contribution >= 4 is 40.7 Å². The Labute approximate surface area is 172 Å². The first kappa shape index (κ1) is 20.5. The van der Waals surface area contributed by atoms with Crippen LogP contribution in [0.4, 0.5) is 0 Å². The van der Waals surface area contributed by atoms with Gasteiger partial charge in [0.1, 0.15) is 23.3 Å². The number of ether oxygens (including phenoxy) is 1. The van der Waals surface area contributed by atoms with Gasteiger partial charge in [-0.2, -0.15) is 0 Å². The molecule has 148 valence electrons. The molecule has 6 nitrogen and oxygen atoms in total. The Kier molecular flexibility index (Phi) is 6.13. The third-order valence-corrected chi connectivity index (χ3v) is 5.25. The van der Waals surface area contributed by atoms with Gasteiger partial charge in [-0.15, -0.1) is 0 Å². The van der Waals surface area contributed by atoms with Gasteiger partial charge in [-0.25, -0.2) is 0 Å². The predicted molar refractivity (Wildman–Crippen MR) is 105 cm³/mol. The van der Waals surface area contributed by atoms with Crippen molar-refractivity contribution < 1.29 is 23.8 Å². The molecule has 1 fully saturated rings. The van der Waals surface area contributed by atoms with E-state index in [4.69, 9.17) is 32.4 Å². The van der Waals surface area contributed by atoms with Gasteiger partial charge in [0.2, 0.25) is 0 Å². The highest BCUT2D eigenvalue weighted by Gasteiger charge is 2.47. The van der Waals surface area contributed by atoms with Gasteiger partial charge < -0.3 is 19.2 Å². The number of benzene rings is 1. The summed E-state index contributed by atoms with van der Waals surface area (Å²) in [6.45, 7) is 2.47. The SMILES string of the molecule is COCCCN1C(=O)C(=O)/C(=C(\O)c2ccc(Cl)c(Cl)c2)C1c1ccc(C)o1. The molecule has 8 heteroatoms. The molecule has 1 N–H and O–H groups in total. The lowest BCUT2D eigenvalue weighted by atomic mass is 9.99. The fourth-order valence-corrected chi connectivity index (χ4v) is 3.48. The van der Waals surface area contributed by atoms with Crippen LogP contribution in [0.1, 0.15) is 29.5 Å². The van der Waals surface area contributed by atoms with E-state index in [9.17, 15) is 14.7 Å². The molecule has 2 heterocycles. The summed E-state index contributed by atoms with van der Waals surface area (Å²) in [6.07, 6.45) is 0.534. The minimum Gasteiger partial charge on any atom is -0.507 e.